The SMILES string of the molecule is CN1C(=O)CC(n2cncc2C=O)C1=O. The first-order valence-electron chi connectivity index (χ1n) is 4.42. The summed E-state index contributed by atoms with van der Waals surface area (Å²) >= 11 is 0. The van der Waals surface area contributed by atoms with Crippen LogP contribution >= 0.6 is 0 Å². The van der Waals surface area contributed by atoms with Gasteiger partial charge in [0.25, 0.3) is 5.91 Å². The molecule has 15 heavy (non-hydrogen) atoms. The molecular weight excluding hydrogens is 198 g/mol. The number of imide groups is 1. The van der Waals surface area contributed by atoms with Gasteiger partial charge in [-0.2, -0.15) is 0 Å². The van der Waals surface area contributed by atoms with Crippen molar-refractivity contribution in [2.24, 2.45) is 0 Å². The van der Waals surface area contributed by atoms with E-state index in [2.05, 4.69) is 4.98 Å². The highest BCUT2D eigenvalue weighted by Gasteiger charge is 2.37. The summed E-state index contributed by atoms with van der Waals surface area (Å²) in [6.45, 7) is 0. The predicted octanol–water partition coefficient (Wildman–Crippen LogP) is -0.375. The van der Waals surface area contributed by atoms with Crippen molar-refractivity contribution in [3.8, 4) is 0 Å². The lowest BCUT2D eigenvalue weighted by Crippen LogP contribution is -2.27. The van der Waals surface area contributed by atoms with Gasteiger partial charge in [0.1, 0.15) is 11.7 Å². The van der Waals surface area contributed by atoms with E-state index in [0.29, 0.717) is 12.0 Å². The van der Waals surface area contributed by atoms with Crippen molar-refractivity contribution in [3.63, 3.8) is 0 Å². The summed E-state index contributed by atoms with van der Waals surface area (Å²) < 4.78 is 1.43. The van der Waals surface area contributed by atoms with E-state index >= 15 is 0 Å². The van der Waals surface area contributed by atoms with Crippen LogP contribution in [0.2, 0.25) is 0 Å². The quantitative estimate of drug-likeness (QED) is 0.489. The molecule has 0 radical (unpaired) electrons. The summed E-state index contributed by atoms with van der Waals surface area (Å²) in [6.07, 6.45) is 3.46. The normalized spacial score (nSPS) is 21.1. The van der Waals surface area contributed by atoms with Crippen molar-refractivity contribution >= 4 is 18.1 Å². The molecule has 78 valence electrons. The Kier molecular flexibility index (Phi) is 2.11. The number of amides is 2. The maximum Gasteiger partial charge on any atom is 0.252 e. The van der Waals surface area contributed by atoms with Crippen LogP contribution in [-0.4, -0.2) is 39.6 Å². The van der Waals surface area contributed by atoms with Crippen LogP contribution in [-0.2, 0) is 9.59 Å². The van der Waals surface area contributed by atoms with Crippen LogP contribution in [0.4, 0.5) is 0 Å². The lowest BCUT2D eigenvalue weighted by Gasteiger charge is -2.10. The minimum atomic E-state index is -0.620. The maximum atomic E-state index is 11.6. The number of carbonyl (C=O) groups excluding carboxylic acids is 3. The molecule has 2 rings (SSSR count). The highest BCUT2D eigenvalue weighted by molar-refractivity contribution is 6.04. The number of likely N-dealkylation sites (N-methyl/N-ethyl adjacent to an activating group) is 1. The summed E-state index contributed by atoms with van der Waals surface area (Å²) in [5.74, 6) is -0.545. The zero-order valence-electron chi connectivity index (χ0n) is 8.08. The predicted molar refractivity (Wildman–Crippen MR) is 49.0 cm³/mol. The van der Waals surface area contributed by atoms with Crippen LogP contribution in [0.1, 0.15) is 23.0 Å². The third-order valence-electron chi connectivity index (χ3n) is 2.51. The highest BCUT2D eigenvalue weighted by atomic mass is 16.2. The molecule has 6 heteroatoms. The molecule has 1 aromatic heterocycles. The van der Waals surface area contributed by atoms with E-state index in [-0.39, 0.29) is 18.2 Å². The van der Waals surface area contributed by atoms with E-state index in [1.165, 1.54) is 24.1 Å². The van der Waals surface area contributed by atoms with Gasteiger partial charge in [-0.1, -0.05) is 0 Å². The molecule has 6 nitrogen and oxygen atoms in total. The summed E-state index contributed by atoms with van der Waals surface area (Å²) in [7, 11) is 1.43. The Labute approximate surface area is 85.5 Å². The lowest BCUT2D eigenvalue weighted by atomic mass is 10.2. The number of hydrogen-bond acceptors (Lipinski definition) is 4. The largest absolute Gasteiger partial charge is 0.315 e. The molecule has 0 aromatic carbocycles. The number of likely N-dealkylation sites (tertiary alicyclic amines) is 1. The molecule has 0 N–H and O–H groups in total. The zero-order chi connectivity index (χ0) is 11.0. The second kappa shape index (κ2) is 3.30. The average molecular weight is 207 g/mol. The van der Waals surface area contributed by atoms with Crippen molar-refractivity contribution in [2.45, 2.75) is 12.5 Å². The number of imidazole rings is 1. The Morgan fingerprint density at radius 3 is 2.80 bits per heavy atom. The molecule has 1 unspecified atom stereocenters. The molecule has 1 fully saturated rings. The molecule has 2 amide bonds. The fourth-order valence-corrected chi connectivity index (χ4v) is 1.62. The van der Waals surface area contributed by atoms with E-state index in [4.69, 9.17) is 0 Å². The van der Waals surface area contributed by atoms with Gasteiger partial charge < -0.3 is 4.57 Å². The first kappa shape index (κ1) is 9.57. The van der Waals surface area contributed by atoms with Gasteiger partial charge in [0.05, 0.1) is 18.9 Å². The number of aromatic nitrogens is 2. The topological polar surface area (TPSA) is 72.3 Å². The fraction of sp³-hybridized carbons (Fsp3) is 0.333. The Hall–Kier alpha value is -1.98. The molecule has 0 bridgehead atoms. The monoisotopic (exact) mass is 207 g/mol. The Bertz CT molecular complexity index is 438. The molecule has 2 heterocycles. The summed E-state index contributed by atoms with van der Waals surface area (Å²) in [5, 5.41) is 0. The smallest absolute Gasteiger partial charge is 0.252 e. The van der Waals surface area contributed by atoms with Crippen molar-refractivity contribution in [3.05, 3.63) is 18.2 Å². The lowest BCUT2D eigenvalue weighted by molar-refractivity contribution is -0.137. The van der Waals surface area contributed by atoms with Gasteiger partial charge in [0, 0.05) is 7.05 Å². The van der Waals surface area contributed by atoms with Crippen LogP contribution in [0.15, 0.2) is 12.5 Å². The molecule has 0 spiro atoms. The van der Waals surface area contributed by atoms with Gasteiger partial charge in [-0.3, -0.25) is 19.3 Å². The Morgan fingerprint density at radius 2 is 2.27 bits per heavy atom. The van der Waals surface area contributed by atoms with Crippen LogP contribution < -0.4 is 0 Å². The second-order valence-corrected chi connectivity index (χ2v) is 3.35. The van der Waals surface area contributed by atoms with Gasteiger partial charge in [-0.05, 0) is 0 Å². The minimum Gasteiger partial charge on any atom is -0.315 e. The van der Waals surface area contributed by atoms with Gasteiger partial charge >= 0.3 is 0 Å². The van der Waals surface area contributed by atoms with E-state index in [1.54, 1.807) is 0 Å². The van der Waals surface area contributed by atoms with Crippen LogP contribution in [0, 0.1) is 0 Å². The molecule has 0 aliphatic carbocycles. The molecule has 1 atom stereocenters. The van der Waals surface area contributed by atoms with Gasteiger partial charge in [0.2, 0.25) is 5.91 Å². The summed E-state index contributed by atoms with van der Waals surface area (Å²) in [4.78, 5) is 38.4. The molecule has 1 aromatic rings. The first-order valence-corrected chi connectivity index (χ1v) is 4.42. The second-order valence-electron chi connectivity index (χ2n) is 3.35. The van der Waals surface area contributed by atoms with Crippen LogP contribution in [0.3, 0.4) is 0 Å². The standard InChI is InChI=1S/C9H9N3O3/c1-11-8(14)2-7(9(11)15)12-5-10-3-6(12)4-13/h3-5,7H,2H2,1H3. The van der Waals surface area contributed by atoms with E-state index in [0.717, 1.165) is 4.90 Å². The number of aldehydes is 1. The Balaban J connectivity index is 2.37. The number of rotatable bonds is 2. The van der Waals surface area contributed by atoms with Crippen LogP contribution in [0.25, 0.3) is 0 Å². The molecular formula is C9H9N3O3. The minimum absolute atomic E-state index is 0.0898. The van der Waals surface area contributed by atoms with Crippen molar-refractivity contribution in [1.82, 2.24) is 14.5 Å². The molecule has 0 saturated carbocycles. The van der Waals surface area contributed by atoms with E-state index in [9.17, 15) is 14.4 Å². The molecule has 1 aliphatic heterocycles. The number of nitrogens with zero attached hydrogens (tertiary/aromatic N) is 3. The molecule has 1 aliphatic rings. The fourth-order valence-electron chi connectivity index (χ4n) is 1.62. The first-order chi connectivity index (χ1) is 7.15. The summed E-state index contributed by atoms with van der Waals surface area (Å²) in [5.41, 5.74) is 0.302. The highest BCUT2D eigenvalue weighted by Crippen LogP contribution is 2.23. The van der Waals surface area contributed by atoms with Gasteiger partial charge in [-0.15, -0.1) is 0 Å². The third kappa shape index (κ3) is 1.34. The third-order valence-corrected chi connectivity index (χ3v) is 2.51. The summed E-state index contributed by atoms with van der Waals surface area (Å²) in [6, 6.07) is -0.620. The zero-order valence-corrected chi connectivity index (χ0v) is 8.08. The number of carbonyl (C=O) groups is 3. The van der Waals surface area contributed by atoms with E-state index in [1.807, 2.05) is 0 Å². The average Bonchev–Trinajstić information content (AvgIpc) is 2.78. The van der Waals surface area contributed by atoms with Crippen molar-refractivity contribution in [2.75, 3.05) is 7.05 Å². The van der Waals surface area contributed by atoms with Crippen LogP contribution in [0.5, 0.6) is 0 Å². The Morgan fingerprint density at radius 1 is 1.53 bits per heavy atom. The maximum absolute atomic E-state index is 11.6. The van der Waals surface area contributed by atoms with Crippen molar-refractivity contribution < 1.29 is 14.4 Å². The number of hydrogen-bond donors (Lipinski definition) is 0. The van der Waals surface area contributed by atoms with Gasteiger partial charge in [0.15, 0.2) is 6.29 Å². The van der Waals surface area contributed by atoms with E-state index < -0.39 is 6.04 Å². The van der Waals surface area contributed by atoms with Crippen molar-refractivity contribution in [1.29, 1.82) is 0 Å². The van der Waals surface area contributed by atoms with Gasteiger partial charge in [-0.25, -0.2) is 4.98 Å². The molecule has 1 saturated heterocycles.